The number of rotatable bonds is 7. The first kappa shape index (κ1) is 15.1. The van der Waals surface area contributed by atoms with Crippen LogP contribution in [-0.4, -0.2) is 37.1 Å². The highest BCUT2D eigenvalue weighted by atomic mass is 16.6. The summed E-state index contributed by atoms with van der Waals surface area (Å²) in [5.41, 5.74) is -0.733. The predicted molar refractivity (Wildman–Crippen MR) is 70.2 cm³/mol. The summed E-state index contributed by atoms with van der Waals surface area (Å²) < 4.78 is 22.2. The first-order valence-corrected chi connectivity index (χ1v) is 6.18. The molecule has 2 atom stereocenters. The van der Waals surface area contributed by atoms with Crippen molar-refractivity contribution in [2.24, 2.45) is 0 Å². The molecule has 0 spiro atoms. The predicted octanol–water partition coefficient (Wildman–Crippen LogP) is 2.65. The summed E-state index contributed by atoms with van der Waals surface area (Å²) in [5, 5.41) is 0. The van der Waals surface area contributed by atoms with Crippen molar-refractivity contribution in [1.82, 2.24) is 0 Å². The minimum atomic E-state index is -0.380. The molecule has 1 heterocycles. The highest BCUT2D eigenvalue weighted by Crippen LogP contribution is 2.26. The molecule has 1 aliphatic heterocycles. The number of ether oxygens (including phenoxy) is 4. The van der Waals surface area contributed by atoms with Crippen molar-refractivity contribution in [1.29, 1.82) is 0 Å². The summed E-state index contributed by atoms with van der Waals surface area (Å²) in [6.45, 7) is 14.7. The third-order valence-corrected chi connectivity index (χ3v) is 2.81. The molecule has 0 aromatic carbocycles. The van der Waals surface area contributed by atoms with Gasteiger partial charge in [0.05, 0.1) is 38.4 Å². The highest BCUT2D eigenvalue weighted by molar-refractivity contribution is 4.86. The lowest BCUT2D eigenvalue weighted by atomic mass is 9.97. The molecule has 0 saturated carbocycles. The van der Waals surface area contributed by atoms with Gasteiger partial charge in [0.25, 0.3) is 0 Å². The first-order chi connectivity index (χ1) is 8.41. The van der Waals surface area contributed by atoms with Crippen LogP contribution in [0.2, 0.25) is 0 Å². The maximum Gasteiger partial charge on any atom is 0.131 e. The van der Waals surface area contributed by atoms with E-state index in [4.69, 9.17) is 18.9 Å². The molecular weight excluding hydrogens is 232 g/mol. The summed E-state index contributed by atoms with van der Waals surface area (Å²) in [4.78, 5) is 0. The standard InChI is InChI=1S/C14H24O4/c1-6-17-13(3,4)10-16-12-8-14(5,18-7-2)11-15-9-12/h6-7,12H,1-2,8-11H2,3-5H3. The summed E-state index contributed by atoms with van der Waals surface area (Å²) in [5.74, 6) is 0. The van der Waals surface area contributed by atoms with Gasteiger partial charge in [-0.15, -0.1) is 0 Å². The van der Waals surface area contributed by atoms with Gasteiger partial charge >= 0.3 is 0 Å². The van der Waals surface area contributed by atoms with E-state index in [1.165, 1.54) is 12.5 Å². The Hall–Kier alpha value is -1.00. The van der Waals surface area contributed by atoms with Crippen LogP contribution in [0.5, 0.6) is 0 Å². The van der Waals surface area contributed by atoms with Crippen LogP contribution in [0, 0.1) is 0 Å². The van der Waals surface area contributed by atoms with Gasteiger partial charge in [0.15, 0.2) is 0 Å². The quantitative estimate of drug-likeness (QED) is 0.656. The Kier molecular flexibility index (Phi) is 5.23. The van der Waals surface area contributed by atoms with Crippen LogP contribution in [0.15, 0.2) is 25.7 Å². The zero-order valence-corrected chi connectivity index (χ0v) is 11.6. The molecule has 0 N–H and O–H groups in total. The van der Waals surface area contributed by atoms with Crippen molar-refractivity contribution in [3.8, 4) is 0 Å². The van der Waals surface area contributed by atoms with Crippen molar-refractivity contribution < 1.29 is 18.9 Å². The molecule has 2 unspecified atom stereocenters. The van der Waals surface area contributed by atoms with E-state index < -0.39 is 0 Å². The lowest BCUT2D eigenvalue weighted by molar-refractivity contribution is -0.160. The molecule has 0 aliphatic carbocycles. The maximum atomic E-state index is 5.83. The molecule has 18 heavy (non-hydrogen) atoms. The van der Waals surface area contributed by atoms with Crippen LogP contribution < -0.4 is 0 Å². The normalized spacial score (nSPS) is 28.5. The molecule has 4 heteroatoms. The lowest BCUT2D eigenvalue weighted by Gasteiger charge is -2.38. The van der Waals surface area contributed by atoms with Crippen molar-refractivity contribution in [3.05, 3.63) is 25.7 Å². The topological polar surface area (TPSA) is 36.9 Å². The van der Waals surface area contributed by atoms with Gasteiger partial charge < -0.3 is 18.9 Å². The van der Waals surface area contributed by atoms with Crippen molar-refractivity contribution in [3.63, 3.8) is 0 Å². The highest BCUT2D eigenvalue weighted by Gasteiger charge is 2.35. The van der Waals surface area contributed by atoms with Crippen molar-refractivity contribution in [2.45, 2.75) is 44.5 Å². The van der Waals surface area contributed by atoms with Crippen LogP contribution in [0.1, 0.15) is 27.2 Å². The molecule has 0 amide bonds. The van der Waals surface area contributed by atoms with Crippen LogP contribution in [0.3, 0.4) is 0 Å². The maximum absolute atomic E-state index is 5.83. The lowest BCUT2D eigenvalue weighted by Crippen LogP contribution is -2.46. The molecule has 0 aromatic heterocycles. The minimum absolute atomic E-state index is 0.0105. The van der Waals surface area contributed by atoms with E-state index in [1.54, 1.807) is 0 Å². The molecule has 0 aromatic rings. The van der Waals surface area contributed by atoms with Crippen LogP contribution in [0.25, 0.3) is 0 Å². The summed E-state index contributed by atoms with van der Waals surface area (Å²) >= 11 is 0. The van der Waals surface area contributed by atoms with Gasteiger partial charge in [-0.2, -0.15) is 0 Å². The van der Waals surface area contributed by atoms with Gasteiger partial charge in [-0.25, -0.2) is 0 Å². The Labute approximate surface area is 110 Å². The number of hydrogen-bond donors (Lipinski definition) is 0. The van der Waals surface area contributed by atoms with Crippen molar-refractivity contribution in [2.75, 3.05) is 19.8 Å². The van der Waals surface area contributed by atoms with E-state index in [-0.39, 0.29) is 17.3 Å². The second-order valence-electron chi connectivity index (χ2n) is 5.43. The smallest absolute Gasteiger partial charge is 0.131 e. The minimum Gasteiger partial charge on any atom is -0.494 e. The molecule has 4 nitrogen and oxygen atoms in total. The first-order valence-electron chi connectivity index (χ1n) is 6.18. The summed E-state index contributed by atoms with van der Waals surface area (Å²) in [6.07, 6.45) is 3.68. The van der Waals surface area contributed by atoms with Crippen molar-refractivity contribution >= 4 is 0 Å². The van der Waals surface area contributed by atoms with Crippen LogP contribution >= 0.6 is 0 Å². The molecule has 1 aliphatic rings. The molecule has 0 radical (unpaired) electrons. The van der Waals surface area contributed by atoms with E-state index >= 15 is 0 Å². The third-order valence-electron chi connectivity index (χ3n) is 2.81. The molecule has 0 bridgehead atoms. The average molecular weight is 256 g/mol. The fourth-order valence-corrected chi connectivity index (χ4v) is 1.97. The molecule has 1 fully saturated rings. The van der Waals surface area contributed by atoms with Gasteiger partial charge in [0.2, 0.25) is 0 Å². The van der Waals surface area contributed by atoms with Gasteiger partial charge in [-0.1, -0.05) is 13.2 Å². The third kappa shape index (κ3) is 4.70. The van der Waals surface area contributed by atoms with E-state index in [0.717, 1.165) is 6.42 Å². The van der Waals surface area contributed by atoms with Gasteiger partial charge in [0.1, 0.15) is 11.2 Å². The summed E-state index contributed by atoms with van der Waals surface area (Å²) in [7, 11) is 0. The van der Waals surface area contributed by atoms with Gasteiger partial charge in [0, 0.05) is 6.42 Å². The van der Waals surface area contributed by atoms with E-state index in [9.17, 15) is 0 Å². The Morgan fingerprint density at radius 1 is 1.39 bits per heavy atom. The molecule has 104 valence electrons. The fourth-order valence-electron chi connectivity index (χ4n) is 1.97. The van der Waals surface area contributed by atoms with E-state index in [0.29, 0.717) is 19.8 Å². The second kappa shape index (κ2) is 6.25. The van der Waals surface area contributed by atoms with Gasteiger partial charge in [-0.3, -0.25) is 0 Å². The Morgan fingerprint density at radius 2 is 2.11 bits per heavy atom. The fraction of sp³-hybridized carbons (Fsp3) is 0.714. The Bertz CT molecular complexity index is 288. The number of hydrogen-bond acceptors (Lipinski definition) is 4. The molecule has 1 saturated heterocycles. The van der Waals surface area contributed by atoms with Crippen LogP contribution in [0.4, 0.5) is 0 Å². The van der Waals surface area contributed by atoms with E-state index in [1.807, 2.05) is 20.8 Å². The SMILES string of the molecule is C=COC(C)(C)COC1COCC(C)(OC=C)C1. The van der Waals surface area contributed by atoms with Crippen LogP contribution in [-0.2, 0) is 18.9 Å². The zero-order valence-electron chi connectivity index (χ0n) is 11.6. The largest absolute Gasteiger partial charge is 0.494 e. The molecular formula is C14H24O4. The average Bonchev–Trinajstić information content (AvgIpc) is 2.26. The van der Waals surface area contributed by atoms with Gasteiger partial charge in [-0.05, 0) is 20.8 Å². The Balaban J connectivity index is 2.43. The zero-order chi connectivity index (χ0) is 13.6. The monoisotopic (exact) mass is 256 g/mol. The molecule has 1 rings (SSSR count). The Morgan fingerprint density at radius 3 is 2.72 bits per heavy atom. The summed E-state index contributed by atoms with van der Waals surface area (Å²) in [6, 6.07) is 0. The second-order valence-corrected chi connectivity index (χ2v) is 5.43. The van der Waals surface area contributed by atoms with E-state index in [2.05, 4.69) is 13.2 Å².